The molecule has 0 amide bonds. The second-order valence-corrected chi connectivity index (χ2v) is 4.51. The third-order valence-corrected chi connectivity index (χ3v) is 2.77. The largest absolute Gasteiger partial charge is 0.439 e. The van der Waals surface area contributed by atoms with Gasteiger partial charge in [0.2, 0.25) is 17.7 Å². The van der Waals surface area contributed by atoms with Gasteiger partial charge in [-0.25, -0.2) is 8.78 Å². The molecule has 0 fully saturated rings. The number of benzene rings is 2. The summed E-state index contributed by atoms with van der Waals surface area (Å²) in [6.07, 6.45) is 0. The quantitative estimate of drug-likeness (QED) is 0.790. The van der Waals surface area contributed by atoms with Crippen molar-refractivity contribution in [3.63, 3.8) is 0 Å². The standard InChI is InChI=1S/C16H11F2N3O2/c17-10-1-5-12(6-2-10)22-14-9-15(21-16(19)20-14)23-13-7-3-11(18)4-8-13/h1-9H,(H2,19,20,21). The lowest BCUT2D eigenvalue weighted by Gasteiger charge is -2.08. The number of hydrogen-bond acceptors (Lipinski definition) is 5. The summed E-state index contributed by atoms with van der Waals surface area (Å²) in [5, 5.41) is 0. The molecule has 2 N–H and O–H groups in total. The van der Waals surface area contributed by atoms with Crippen LogP contribution >= 0.6 is 0 Å². The van der Waals surface area contributed by atoms with Gasteiger partial charge in [-0.1, -0.05) is 0 Å². The second kappa shape index (κ2) is 6.27. The highest BCUT2D eigenvalue weighted by molar-refractivity contribution is 5.36. The van der Waals surface area contributed by atoms with Gasteiger partial charge in [0.1, 0.15) is 23.1 Å². The molecular weight excluding hydrogens is 304 g/mol. The van der Waals surface area contributed by atoms with E-state index in [1.165, 1.54) is 54.6 Å². The first-order valence-corrected chi connectivity index (χ1v) is 6.60. The van der Waals surface area contributed by atoms with E-state index in [0.717, 1.165) is 0 Å². The van der Waals surface area contributed by atoms with E-state index < -0.39 is 0 Å². The molecule has 0 saturated heterocycles. The predicted molar refractivity (Wildman–Crippen MR) is 79.4 cm³/mol. The molecule has 0 aliphatic heterocycles. The number of aromatic nitrogens is 2. The van der Waals surface area contributed by atoms with Crippen LogP contribution in [0.15, 0.2) is 54.6 Å². The van der Waals surface area contributed by atoms with Crippen molar-refractivity contribution in [1.82, 2.24) is 9.97 Å². The van der Waals surface area contributed by atoms with Crippen LogP contribution in [0.2, 0.25) is 0 Å². The van der Waals surface area contributed by atoms with E-state index in [1.54, 1.807) is 0 Å². The second-order valence-electron chi connectivity index (χ2n) is 4.51. The Bertz CT molecular complexity index is 743. The molecule has 2 aromatic carbocycles. The molecular formula is C16H11F2N3O2. The first-order chi connectivity index (χ1) is 11.1. The highest BCUT2D eigenvalue weighted by Gasteiger charge is 2.07. The average Bonchev–Trinajstić information content (AvgIpc) is 2.51. The Kier molecular flexibility index (Phi) is 4.01. The first kappa shape index (κ1) is 14.7. The number of nitrogen functional groups attached to an aromatic ring is 1. The van der Waals surface area contributed by atoms with Crippen LogP contribution in [-0.4, -0.2) is 9.97 Å². The molecule has 0 atom stereocenters. The van der Waals surface area contributed by atoms with Crippen LogP contribution in [0.3, 0.4) is 0 Å². The van der Waals surface area contributed by atoms with Crippen molar-refractivity contribution in [2.24, 2.45) is 0 Å². The van der Waals surface area contributed by atoms with E-state index in [1.807, 2.05) is 0 Å². The van der Waals surface area contributed by atoms with Gasteiger partial charge in [0.05, 0.1) is 6.07 Å². The van der Waals surface area contributed by atoms with Gasteiger partial charge in [-0.05, 0) is 48.5 Å². The van der Waals surface area contributed by atoms with Crippen molar-refractivity contribution in [2.45, 2.75) is 0 Å². The number of rotatable bonds is 4. The summed E-state index contributed by atoms with van der Waals surface area (Å²) in [6.45, 7) is 0. The molecule has 1 aromatic heterocycles. The molecule has 7 heteroatoms. The summed E-state index contributed by atoms with van der Waals surface area (Å²) in [4.78, 5) is 7.84. The summed E-state index contributed by atoms with van der Waals surface area (Å²) in [6, 6.07) is 12.3. The fourth-order valence-electron chi connectivity index (χ4n) is 1.77. The lowest BCUT2D eigenvalue weighted by Crippen LogP contribution is -1.99. The molecule has 0 saturated carbocycles. The Morgan fingerprint density at radius 2 is 1.09 bits per heavy atom. The Morgan fingerprint density at radius 1 is 0.696 bits per heavy atom. The smallest absolute Gasteiger partial charge is 0.227 e. The first-order valence-electron chi connectivity index (χ1n) is 6.60. The van der Waals surface area contributed by atoms with Gasteiger partial charge < -0.3 is 15.2 Å². The zero-order valence-corrected chi connectivity index (χ0v) is 11.7. The summed E-state index contributed by atoms with van der Waals surface area (Å²) >= 11 is 0. The highest BCUT2D eigenvalue weighted by Crippen LogP contribution is 2.26. The molecule has 23 heavy (non-hydrogen) atoms. The van der Waals surface area contributed by atoms with Crippen molar-refractivity contribution in [3.05, 3.63) is 66.2 Å². The van der Waals surface area contributed by atoms with Crippen LogP contribution in [-0.2, 0) is 0 Å². The maximum atomic E-state index is 12.9. The van der Waals surface area contributed by atoms with Gasteiger partial charge >= 0.3 is 0 Å². The van der Waals surface area contributed by atoms with E-state index in [0.29, 0.717) is 11.5 Å². The fraction of sp³-hybridized carbons (Fsp3) is 0. The molecule has 116 valence electrons. The van der Waals surface area contributed by atoms with E-state index in [4.69, 9.17) is 15.2 Å². The third-order valence-electron chi connectivity index (χ3n) is 2.77. The molecule has 3 aromatic rings. The number of ether oxygens (including phenoxy) is 2. The van der Waals surface area contributed by atoms with E-state index in [2.05, 4.69) is 9.97 Å². The van der Waals surface area contributed by atoms with Crippen LogP contribution in [0.4, 0.5) is 14.7 Å². The molecule has 1 heterocycles. The summed E-state index contributed by atoms with van der Waals surface area (Å²) < 4.78 is 36.7. The number of halogens is 2. The molecule has 5 nitrogen and oxygen atoms in total. The molecule has 3 rings (SSSR count). The van der Waals surface area contributed by atoms with Crippen molar-refractivity contribution in [2.75, 3.05) is 5.73 Å². The Labute approximate surface area is 130 Å². The summed E-state index contributed by atoms with van der Waals surface area (Å²) in [5.74, 6) is 0.249. The van der Waals surface area contributed by atoms with Gasteiger partial charge in [-0.3, -0.25) is 0 Å². The summed E-state index contributed by atoms with van der Waals surface area (Å²) in [5.41, 5.74) is 5.61. The maximum Gasteiger partial charge on any atom is 0.227 e. The van der Waals surface area contributed by atoms with Crippen molar-refractivity contribution in [1.29, 1.82) is 0 Å². The minimum Gasteiger partial charge on any atom is -0.439 e. The molecule has 0 aliphatic rings. The predicted octanol–water partition coefficient (Wildman–Crippen LogP) is 3.92. The van der Waals surface area contributed by atoms with E-state index in [-0.39, 0.29) is 29.3 Å². The highest BCUT2D eigenvalue weighted by atomic mass is 19.1. The van der Waals surface area contributed by atoms with Crippen LogP contribution in [0.25, 0.3) is 0 Å². The molecule has 0 spiro atoms. The fourth-order valence-corrected chi connectivity index (χ4v) is 1.77. The van der Waals surface area contributed by atoms with Crippen molar-refractivity contribution >= 4 is 5.95 Å². The molecule has 0 unspecified atom stereocenters. The Balaban J connectivity index is 1.81. The third kappa shape index (κ3) is 3.91. The Morgan fingerprint density at radius 3 is 1.48 bits per heavy atom. The van der Waals surface area contributed by atoms with Crippen LogP contribution in [0.1, 0.15) is 0 Å². The van der Waals surface area contributed by atoms with Crippen LogP contribution in [0.5, 0.6) is 23.3 Å². The van der Waals surface area contributed by atoms with Gasteiger partial charge in [0.25, 0.3) is 0 Å². The van der Waals surface area contributed by atoms with Gasteiger partial charge in [-0.2, -0.15) is 9.97 Å². The van der Waals surface area contributed by atoms with Gasteiger partial charge in [0, 0.05) is 0 Å². The SMILES string of the molecule is Nc1nc(Oc2ccc(F)cc2)cc(Oc2ccc(F)cc2)n1. The van der Waals surface area contributed by atoms with Crippen LogP contribution in [0, 0.1) is 11.6 Å². The number of nitrogens with two attached hydrogens (primary N) is 1. The number of nitrogens with zero attached hydrogens (tertiary/aromatic N) is 2. The van der Waals surface area contributed by atoms with Crippen LogP contribution < -0.4 is 15.2 Å². The number of anilines is 1. The molecule has 0 radical (unpaired) electrons. The molecule has 0 bridgehead atoms. The minimum absolute atomic E-state index is 0.0540. The zero-order valence-electron chi connectivity index (χ0n) is 11.7. The van der Waals surface area contributed by atoms with E-state index in [9.17, 15) is 8.78 Å². The lowest BCUT2D eigenvalue weighted by molar-refractivity contribution is 0.434. The molecule has 0 aliphatic carbocycles. The van der Waals surface area contributed by atoms with Gasteiger partial charge in [0.15, 0.2) is 0 Å². The van der Waals surface area contributed by atoms with Crippen molar-refractivity contribution in [3.8, 4) is 23.3 Å². The summed E-state index contributed by atoms with van der Waals surface area (Å²) in [7, 11) is 0. The monoisotopic (exact) mass is 315 g/mol. The minimum atomic E-state index is -0.375. The zero-order chi connectivity index (χ0) is 16.2. The maximum absolute atomic E-state index is 12.9. The van der Waals surface area contributed by atoms with E-state index >= 15 is 0 Å². The normalized spacial score (nSPS) is 10.3. The number of hydrogen-bond donors (Lipinski definition) is 1. The average molecular weight is 315 g/mol. The lowest BCUT2D eigenvalue weighted by atomic mass is 10.3. The Hall–Kier alpha value is -3.22. The van der Waals surface area contributed by atoms with Gasteiger partial charge in [-0.15, -0.1) is 0 Å². The van der Waals surface area contributed by atoms with Crippen molar-refractivity contribution < 1.29 is 18.3 Å². The topological polar surface area (TPSA) is 70.3 Å².